The monoisotopic (exact) mass is 238 g/mol. The molecule has 0 aliphatic heterocycles. The van der Waals surface area contributed by atoms with Gasteiger partial charge in [0.15, 0.2) is 0 Å². The van der Waals surface area contributed by atoms with Gasteiger partial charge < -0.3 is 0 Å². The van der Waals surface area contributed by atoms with Crippen molar-refractivity contribution in [3.63, 3.8) is 0 Å². The Bertz CT molecular complexity index is 100. The summed E-state index contributed by atoms with van der Waals surface area (Å²) in [5.41, 5.74) is 0. The molecule has 0 rings (SSSR count). The zero-order chi connectivity index (χ0) is 9.12. The van der Waals surface area contributed by atoms with Crippen LogP contribution in [-0.4, -0.2) is 12.4 Å². The minimum atomic E-state index is -4.48. The molecule has 0 unspecified atom stereocenters. The molecule has 0 aromatic heterocycles. The number of alkyl halides is 6. The van der Waals surface area contributed by atoms with Gasteiger partial charge in [-0.15, -0.1) is 0 Å². The van der Waals surface area contributed by atoms with Crippen LogP contribution in [0.15, 0.2) is 0 Å². The van der Waals surface area contributed by atoms with Crippen molar-refractivity contribution in [2.45, 2.75) is 31.6 Å². The zero-order valence-corrected chi connectivity index (χ0v) is 6.69. The molecule has 0 radical (unpaired) electrons. The smallest absolute Gasteiger partial charge is 0.171 e. The second-order valence-corrected chi connectivity index (χ2v) is 2.08. The van der Waals surface area contributed by atoms with Crippen LogP contribution in [0.2, 0.25) is 0 Å². The van der Waals surface area contributed by atoms with Crippen molar-refractivity contribution in [2.24, 2.45) is 0 Å². The van der Waals surface area contributed by atoms with Gasteiger partial charge >= 0.3 is 28.8 Å². The molecule has 0 aliphatic rings. The minimum absolute atomic E-state index is 0. The van der Waals surface area contributed by atoms with E-state index < -0.39 is 31.6 Å². The van der Waals surface area contributed by atoms with Crippen LogP contribution >= 0.6 is 0 Å². The number of hydrogen-bond donors (Lipinski definition) is 0. The molecule has 12 heavy (non-hydrogen) atoms. The van der Waals surface area contributed by atoms with Gasteiger partial charge in [-0.2, -0.15) is 26.3 Å². The zero-order valence-electron chi connectivity index (χ0n) is 5.71. The second-order valence-electron chi connectivity index (χ2n) is 2.08. The first kappa shape index (κ1) is 14.6. The van der Waals surface area contributed by atoms with Crippen molar-refractivity contribution in [1.82, 2.24) is 0 Å². The van der Waals surface area contributed by atoms with Crippen LogP contribution < -0.4 is 0 Å². The van der Waals surface area contributed by atoms with Crippen molar-refractivity contribution in [3.8, 4) is 0 Å². The van der Waals surface area contributed by atoms with Crippen molar-refractivity contribution in [1.29, 1.82) is 0 Å². The SMILES string of the molecule is FC(F)(F)CCCC(F)(F)F.[Ni+2]. The maximum atomic E-state index is 11.3. The molecule has 0 spiro atoms. The standard InChI is InChI=1S/C5H6F6.Ni/c6-4(7,8)2-1-3-5(9,10)11;/h1-3H2;/q;+2. The Kier molecular flexibility index (Phi) is 6.01. The number of halogens is 6. The first-order chi connectivity index (χ1) is 4.71. The molecule has 0 saturated carbocycles. The largest absolute Gasteiger partial charge is 2.00 e. The molecule has 0 nitrogen and oxygen atoms in total. The van der Waals surface area contributed by atoms with Gasteiger partial charge in [0.2, 0.25) is 0 Å². The molecule has 0 heterocycles. The molecule has 0 amide bonds. The van der Waals surface area contributed by atoms with Crippen LogP contribution in [0.5, 0.6) is 0 Å². The molecular weight excluding hydrogens is 233 g/mol. The van der Waals surface area contributed by atoms with E-state index in [1.165, 1.54) is 0 Å². The van der Waals surface area contributed by atoms with Crippen LogP contribution in [0.3, 0.4) is 0 Å². The van der Waals surface area contributed by atoms with E-state index in [1.807, 2.05) is 0 Å². The van der Waals surface area contributed by atoms with Crippen LogP contribution in [0.25, 0.3) is 0 Å². The fourth-order valence-corrected chi connectivity index (χ4v) is 0.489. The fraction of sp³-hybridized carbons (Fsp3) is 1.00. The summed E-state index contributed by atoms with van der Waals surface area (Å²) in [6, 6.07) is 0. The van der Waals surface area contributed by atoms with Crippen LogP contribution in [0, 0.1) is 0 Å². The van der Waals surface area contributed by atoms with E-state index >= 15 is 0 Å². The Morgan fingerprint density at radius 2 is 0.917 bits per heavy atom. The van der Waals surface area contributed by atoms with Gasteiger partial charge in [-0.25, -0.2) is 0 Å². The summed E-state index contributed by atoms with van der Waals surface area (Å²) in [7, 11) is 0. The minimum Gasteiger partial charge on any atom is -0.171 e. The van der Waals surface area contributed by atoms with Gasteiger partial charge in [-0.05, 0) is 6.42 Å². The van der Waals surface area contributed by atoms with E-state index in [4.69, 9.17) is 0 Å². The fourth-order valence-electron chi connectivity index (χ4n) is 0.489. The van der Waals surface area contributed by atoms with Gasteiger partial charge in [0, 0.05) is 12.8 Å². The maximum Gasteiger partial charge on any atom is 2.00 e. The Hall–Kier alpha value is 0.0735. The average molecular weight is 239 g/mol. The van der Waals surface area contributed by atoms with Crippen LogP contribution in [0.4, 0.5) is 26.3 Å². The quantitative estimate of drug-likeness (QED) is 0.512. The summed E-state index contributed by atoms with van der Waals surface area (Å²) in [5.74, 6) is 0. The third-order valence-electron chi connectivity index (χ3n) is 0.921. The molecular formula is C5H6F6Ni+2. The van der Waals surface area contributed by atoms with Crippen molar-refractivity contribution in [3.05, 3.63) is 0 Å². The number of hydrogen-bond acceptors (Lipinski definition) is 0. The van der Waals surface area contributed by atoms with Gasteiger partial charge in [0.05, 0.1) is 0 Å². The molecule has 0 saturated heterocycles. The van der Waals surface area contributed by atoms with Crippen LogP contribution in [0.1, 0.15) is 19.3 Å². The summed E-state index contributed by atoms with van der Waals surface area (Å²) in [5, 5.41) is 0. The first-order valence-corrected chi connectivity index (χ1v) is 2.84. The third kappa shape index (κ3) is 12.7. The third-order valence-corrected chi connectivity index (χ3v) is 0.921. The Morgan fingerprint density at radius 3 is 1.08 bits per heavy atom. The van der Waals surface area contributed by atoms with E-state index in [2.05, 4.69) is 0 Å². The Labute approximate surface area is 75.2 Å². The molecule has 76 valence electrons. The predicted molar refractivity (Wildman–Crippen MR) is 26.0 cm³/mol. The van der Waals surface area contributed by atoms with Gasteiger partial charge in [0.1, 0.15) is 0 Å². The van der Waals surface area contributed by atoms with Crippen LogP contribution in [-0.2, 0) is 16.5 Å². The molecule has 7 heteroatoms. The maximum absolute atomic E-state index is 11.3. The van der Waals surface area contributed by atoms with Gasteiger partial charge in [-0.3, -0.25) is 0 Å². The molecule has 0 aromatic carbocycles. The molecule has 0 aromatic rings. The molecule has 0 fully saturated rings. The second kappa shape index (κ2) is 4.95. The topological polar surface area (TPSA) is 0 Å². The van der Waals surface area contributed by atoms with Gasteiger partial charge in [0.25, 0.3) is 0 Å². The summed E-state index contributed by atoms with van der Waals surface area (Å²) < 4.78 is 67.6. The van der Waals surface area contributed by atoms with E-state index in [9.17, 15) is 26.3 Å². The van der Waals surface area contributed by atoms with E-state index in [1.54, 1.807) is 0 Å². The van der Waals surface area contributed by atoms with Gasteiger partial charge in [-0.1, -0.05) is 0 Å². The summed E-state index contributed by atoms with van der Waals surface area (Å²) >= 11 is 0. The molecule has 0 N–H and O–H groups in total. The Morgan fingerprint density at radius 1 is 0.667 bits per heavy atom. The van der Waals surface area contributed by atoms with E-state index in [0.717, 1.165) is 0 Å². The van der Waals surface area contributed by atoms with Crippen molar-refractivity contribution < 1.29 is 42.8 Å². The molecule has 0 atom stereocenters. The Balaban J connectivity index is 0. The summed E-state index contributed by atoms with van der Waals surface area (Å²) in [6.07, 6.45) is -12.6. The number of rotatable bonds is 2. The normalized spacial score (nSPS) is 12.5. The van der Waals surface area contributed by atoms with Crippen molar-refractivity contribution >= 4 is 0 Å². The summed E-state index contributed by atoms with van der Waals surface area (Å²) in [6.45, 7) is 0. The summed E-state index contributed by atoms with van der Waals surface area (Å²) in [4.78, 5) is 0. The molecule has 0 aliphatic carbocycles. The van der Waals surface area contributed by atoms with E-state index in [-0.39, 0.29) is 16.5 Å². The molecule has 0 bridgehead atoms. The average Bonchev–Trinajstić information content (AvgIpc) is 1.55. The first-order valence-electron chi connectivity index (χ1n) is 2.84. The van der Waals surface area contributed by atoms with E-state index in [0.29, 0.717) is 0 Å². The predicted octanol–water partition coefficient (Wildman–Crippen LogP) is 3.28. The van der Waals surface area contributed by atoms with Crippen molar-refractivity contribution in [2.75, 3.05) is 0 Å².